The van der Waals surface area contributed by atoms with E-state index in [1.165, 1.54) is 0 Å². The molecule has 0 unspecified atom stereocenters. The number of nitrogens with zero attached hydrogens (tertiary/aromatic N) is 1. The van der Waals surface area contributed by atoms with Crippen LogP contribution >= 0.6 is 11.6 Å². The van der Waals surface area contributed by atoms with Gasteiger partial charge in [-0.1, -0.05) is 11.6 Å². The average molecular weight is 256 g/mol. The molecule has 0 radical (unpaired) electrons. The molecule has 1 aliphatic rings. The minimum atomic E-state index is -0.846. The number of carboxylic acids is 1. The van der Waals surface area contributed by atoms with Crippen molar-refractivity contribution in [3.63, 3.8) is 0 Å². The average Bonchev–Trinajstić information content (AvgIpc) is 2.29. The Bertz CT molecular complexity index is 416. The van der Waals surface area contributed by atoms with Crippen molar-refractivity contribution in [2.45, 2.75) is 6.42 Å². The summed E-state index contributed by atoms with van der Waals surface area (Å²) in [7, 11) is 0. The number of carboxylic acid groups (broad SMARTS) is 1. The van der Waals surface area contributed by atoms with Crippen LogP contribution in [-0.4, -0.2) is 37.4 Å². The molecule has 1 N–H and O–H groups in total. The van der Waals surface area contributed by atoms with E-state index in [2.05, 4.69) is 4.90 Å². The molecule has 0 aliphatic carbocycles. The number of hydrogen-bond acceptors (Lipinski definition) is 3. The Hall–Kier alpha value is -1.26. The van der Waals surface area contributed by atoms with Crippen molar-refractivity contribution in [1.29, 1.82) is 0 Å². The maximum Gasteiger partial charge on any atom is 0.307 e. The molecule has 0 amide bonds. The molecular weight excluding hydrogens is 242 g/mol. The molecule has 1 aromatic carbocycles. The predicted molar refractivity (Wildman–Crippen MR) is 65.8 cm³/mol. The normalized spacial score (nSPS) is 15.9. The van der Waals surface area contributed by atoms with Gasteiger partial charge in [-0.05, 0) is 23.8 Å². The minimum absolute atomic E-state index is 0.00670. The van der Waals surface area contributed by atoms with Gasteiger partial charge in [0.1, 0.15) is 0 Å². The highest BCUT2D eigenvalue weighted by Crippen LogP contribution is 2.25. The lowest BCUT2D eigenvalue weighted by molar-refractivity contribution is -0.136. The standard InChI is InChI=1S/C12H14ClNO3/c13-10-1-2-11(9(7-10)8-12(15)16)14-3-5-17-6-4-14/h1-2,7H,3-6,8H2,(H,15,16). The molecule has 5 heteroatoms. The van der Waals surface area contributed by atoms with Gasteiger partial charge in [0.25, 0.3) is 0 Å². The Labute approximate surface area is 105 Å². The molecule has 0 saturated carbocycles. The zero-order chi connectivity index (χ0) is 12.3. The van der Waals surface area contributed by atoms with Crippen LogP contribution in [0.1, 0.15) is 5.56 Å². The largest absolute Gasteiger partial charge is 0.481 e. The van der Waals surface area contributed by atoms with E-state index in [4.69, 9.17) is 21.4 Å². The summed E-state index contributed by atoms with van der Waals surface area (Å²) in [5, 5.41) is 9.46. The number of anilines is 1. The Morgan fingerprint density at radius 2 is 2.12 bits per heavy atom. The van der Waals surface area contributed by atoms with Gasteiger partial charge < -0.3 is 14.7 Å². The first-order valence-electron chi connectivity index (χ1n) is 5.50. The van der Waals surface area contributed by atoms with Crippen molar-refractivity contribution in [3.05, 3.63) is 28.8 Å². The second kappa shape index (κ2) is 5.38. The van der Waals surface area contributed by atoms with Gasteiger partial charge in [-0.3, -0.25) is 4.79 Å². The third-order valence-electron chi connectivity index (χ3n) is 2.73. The Kier molecular flexibility index (Phi) is 3.86. The zero-order valence-electron chi connectivity index (χ0n) is 9.36. The highest BCUT2D eigenvalue weighted by atomic mass is 35.5. The highest BCUT2D eigenvalue weighted by molar-refractivity contribution is 6.30. The van der Waals surface area contributed by atoms with Crippen LogP contribution in [0.2, 0.25) is 5.02 Å². The van der Waals surface area contributed by atoms with E-state index in [1.807, 2.05) is 6.07 Å². The van der Waals surface area contributed by atoms with Crippen LogP contribution in [0.15, 0.2) is 18.2 Å². The van der Waals surface area contributed by atoms with Gasteiger partial charge in [0.05, 0.1) is 19.6 Å². The number of morpholine rings is 1. The number of hydrogen-bond donors (Lipinski definition) is 1. The number of ether oxygens (including phenoxy) is 1. The van der Waals surface area contributed by atoms with E-state index in [9.17, 15) is 4.79 Å². The maximum atomic E-state index is 10.8. The van der Waals surface area contributed by atoms with Gasteiger partial charge in [-0.2, -0.15) is 0 Å². The number of carbonyl (C=O) groups is 1. The third kappa shape index (κ3) is 3.11. The van der Waals surface area contributed by atoms with Gasteiger partial charge in [0, 0.05) is 23.8 Å². The molecule has 2 rings (SSSR count). The second-order valence-corrected chi connectivity index (χ2v) is 4.38. The van der Waals surface area contributed by atoms with Crippen LogP contribution in [0.25, 0.3) is 0 Å². The molecule has 1 heterocycles. The van der Waals surface area contributed by atoms with Crippen molar-refractivity contribution in [2.24, 2.45) is 0 Å². The van der Waals surface area contributed by atoms with E-state index in [0.29, 0.717) is 18.2 Å². The van der Waals surface area contributed by atoms with E-state index in [1.54, 1.807) is 12.1 Å². The van der Waals surface area contributed by atoms with Gasteiger partial charge in [0.2, 0.25) is 0 Å². The van der Waals surface area contributed by atoms with Crippen LogP contribution in [0.5, 0.6) is 0 Å². The first-order valence-corrected chi connectivity index (χ1v) is 5.87. The van der Waals surface area contributed by atoms with E-state index in [-0.39, 0.29) is 6.42 Å². The molecule has 1 aromatic rings. The summed E-state index contributed by atoms with van der Waals surface area (Å²) < 4.78 is 5.28. The fraction of sp³-hybridized carbons (Fsp3) is 0.417. The molecule has 0 aromatic heterocycles. The maximum absolute atomic E-state index is 10.8. The van der Waals surface area contributed by atoms with Crippen LogP contribution < -0.4 is 4.90 Å². The fourth-order valence-electron chi connectivity index (χ4n) is 1.97. The summed E-state index contributed by atoms with van der Waals surface area (Å²) in [6.07, 6.45) is -0.00670. The molecule has 0 atom stereocenters. The second-order valence-electron chi connectivity index (χ2n) is 3.94. The zero-order valence-corrected chi connectivity index (χ0v) is 10.1. The molecule has 1 fully saturated rings. The summed E-state index contributed by atoms with van der Waals surface area (Å²) >= 11 is 5.90. The van der Waals surface area contributed by atoms with Crippen molar-refractivity contribution in [3.8, 4) is 0 Å². The van der Waals surface area contributed by atoms with Gasteiger partial charge in [-0.15, -0.1) is 0 Å². The number of benzene rings is 1. The monoisotopic (exact) mass is 255 g/mol. The van der Waals surface area contributed by atoms with Crippen molar-refractivity contribution in [2.75, 3.05) is 31.2 Å². The summed E-state index contributed by atoms with van der Waals surface area (Å²) in [4.78, 5) is 13.0. The quantitative estimate of drug-likeness (QED) is 0.895. The molecule has 1 aliphatic heterocycles. The van der Waals surface area contributed by atoms with Gasteiger partial charge in [0.15, 0.2) is 0 Å². The van der Waals surface area contributed by atoms with Gasteiger partial charge >= 0.3 is 5.97 Å². The Morgan fingerprint density at radius 1 is 1.41 bits per heavy atom. The number of aliphatic carboxylic acids is 1. The fourth-order valence-corrected chi connectivity index (χ4v) is 2.17. The molecule has 0 spiro atoms. The lowest BCUT2D eigenvalue weighted by Crippen LogP contribution is -2.36. The topological polar surface area (TPSA) is 49.8 Å². The molecule has 17 heavy (non-hydrogen) atoms. The Morgan fingerprint density at radius 3 is 2.76 bits per heavy atom. The van der Waals surface area contributed by atoms with Crippen LogP contribution in [0, 0.1) is 0 Å². The van der Waals surface area contributed by atoms with E-state index >= 15 is 0 Å². The van der Waals surface area contributed by atoms with Crippen LogP contribution in [0.4, 0.5) is 5.69 Å². The Balaban J connectivity index is 2.27. The lowest BCUT2D eigenvalue weighted by Gasteiger charge is -2.30. The van der Waals surface area contributed by atoms with Crippen LogP contribution in [0.3, 0.4) is 0 Å². The first kappa shape index (κ1) is 12.2. The number of rotatable bonds is 3. The molecule has 0 bridgehead atoms. The molecule has 4 nitrogen and oxygen atoms in total. The first-order chi connectivity index (χ1) is 8.16. The van der Waals surface area contributed by atoms with Gasteiger partial charge in [-0.25, -0.2) is 0 Å². The minimum Gasteiger partial charge on any atom is -0.481 e. The van der Waals surface area contributed by atoms with Crippen molar-refractivity contribution >= 4 is 23.3 Å². The van der Waals surface area contributed by atoms with Crippen molar-refractivity contribution in [1.82, 2.24) is 0 Å². The summed E-state index contributed by atoms with van der Waals surface area (Å²) in [6.45, 7) is 2.92. The van der Waals surface area contributed by atoms with Crippen LogP contribution in [-0.2, 0) is 16.0 Å². The third-order valence-corrected chi connectivity index (χ3v) is 2.97. The van der Waals surface area contributed by atoms with Crippen molar-refractivity contribution < 1.29 is 14.6 Å². The number of halogens is 1. The smallest absolute Gasteiger partial charge is 0.307 e. The molecule has 1 saturated heterocycles. The SMILES string of the molecule is O=C(O)Cc1cc(Cl)ccc1N1CCOCC1. The summed E-state index contributed by atoms with van der Waals surface area (Å²) in [5.41, 5.74) is 1.70. The van der Waals surface area contributed by atoms with E-state index in [0.717, 1.165) is 24.3 Å². The summed E-state index contributed by atoms with van der Waals surface area (Å²) in [5.74, 6) is -0.846. The molecular formula is C12H14ClNO3. The highest BCUT2D eigenvalue weighted by Gasteiger charge is 2.16. The predicted octanol–water partition coefficient (Wildman–Crippen LogP) is 1.80. The lowest BCUT2D eigenvalue weighted by atomic mass is 10.1. The van der Waals surface area contributed by atoms with E-state index < -0.39 is 5.97 Å². The molecule has 92 valence electrons. The summed E-state index contributed by atoms with van der Waals surface area (Å²) in [6, 6.07) is 5.39.